The zero-order valence-corrected chi connectivity index (χ0v) is 12.1. The van der Waals surface area contributed by atoms with Crippen LogP contribution in [0, 0.1) is 12.7 Å². The summed E-state index contributed by atoms with van der Waals surface area (Å²) in [4.78, 5) is 19.9. The Labute approximate surface area is 127 Å². The van der Waals surface area contributed by atoms with Gasteiger partial charge in [-0.3, -0.25) is 4.79 Å². The summed E-state index contributed by atoms with van der Waals surface area (Å²) in [6, 6.07) is 4.59. The third-order valence-electron chi connectivity index (χ3n) is 4.27. The molecule has 1 aliphatic carbocycles. The van der Waals surface area contributed by atoms with Crippen LogP contribution in [0.2, 0.25) is 0 Å². The molecule has 5 heteroatoms. The van der Waals surface area contributed by atoms with Crippen LogP contribution < -0.4 is 0 Å². The molecule has 0 saturated carbocycles. The van der Waals surface area contributed by atoms with E-state index in [-0.39, 0.29) is 5.82 Å². The van der Waals surface area contributed by atoms with E-state index in [1.165, 1.54) is 12.4 Å². The first-order valence-corrected chi connectivity index (χ1v) is 7.01. The van der Waals surface area contributed by atoms with Crippen LogP contribution in [-0.2, 0) is 10.2 Å². The van der Waals surface area contributed by atoms with Gasteiger partial charge in [-0.2, -0.15) is 0 Å². The van der Waals surface area contributed by atoms with Crippen molar-refractivity contribution in [1.29, 1.82) is 0 Å². The van der Waals surface area contributed by atoms with Crippen molar-refractivity contribution in [2.24, 2.45) is 0 Å². The van der Waals surface area contributed by atoms with Crippen LogP contribution in [-0.4, -0.2) is 21.0 Å². The summed E-state index contributed by atoms with van der Waals surface area (Å²) in [6.07, 6.45) is 7.47. The smallest absolute Gasteiger partial charge is 0.318 e. The van der Waals surface area contributed by atoms with Crippen LogP contribution in [0.15, 0.2) is 43.0 Å². The lowest BCUT2D eigenvalue weighted by Crippen LogP contribution is -2.32. The zero-order chi connectivity index (χ0) is 15.7. The minimum absolute atomic E-state index is 0.381. The molecule has 4 nitrogen and oxygen atoms in total. The lowest BCUT2D eigenvalue weighted by molar-refractivity contribution is -0.141. The van der Waals surface area contributed by atoms with E-state index in [2.05, 4.69) is 9.97 Å². The van der Waals surface area contributed by atoms with E-state index in [0.717, 1.165) is 11.1 Å². The Hall–Kier alpha value is -2.56. The van der Waals surface area contributed by atoms with Gasteiger partial charge >= 0.3 is 5.97 Å². The average Bonchev–Trinajstić information content (AvgIpc) is 2.97. The van der Waals surface area contributed by atoms with Gasteiger partial charge in [0, 0.05) is 18.0 Å². The fourth-order valence-electron chi connectivity index (χ4n) is 3.05. The molecule has 1 heterocycles. The Kier molecular flexibility index (Phi) is 3.48. The van der Waals surface area contributed by atoms with Gasteiger partial charge in [-0.05, 0) is 42.5 Å². The van der Waals surface area contributed by atoms with Gasteiger partial charge in [0.2, 0.25) is 0 Å². The molecule has 2 aromatic rings. The van der Waals surface area contributed by atoms with Gasteiger partial charge in [-0.1, -0.05) is 18.2 Å². The van der Waals surface area contributed by atoms with Crippen LogP contribution >= 0.6 is 0 Å². The summed E-state index contributed by atoms with van der Waals surface area (Å²) in [6.45, 7) is 1.62. The number of nitrogens with zero attached hydrogens (tertiary/aromatic N) is 2. The molecule has 0 radical (unpaired) electrons. The van der Waals surface area contributed by atoms with Crippen molar-refractivity contribution < 1.29 is 14.3 Å². The highest BCUT2D eigenvalue weighted by molar-refractivity contribution is 5.90. The Morgan fingerprint density at radius 2 is 2.05 bits per heavy atom. The van der Waals surface area contributed by atoms with E-state index < -0.39 is 11.4 Å². The summed E-state index contributed by atoms with van der Waals surface area (Å²) in [5.74, 6) is -1.35. The molecule has 0 aliphatic heterocycles. The second-order valence-electron chi connectivity index (χ2n) is 5.49. The number of carbonyl (C=O) groups is 1. The average molecular weight is 298 g/mol. The van der Waals surface area contributed by atoms with E-state index in [9.17, 15) is 14.3 Å². The number of aliphatic carboxylic acids is 1. The second-order valence-corrected chi connectivity index (χ2v) is 5.49. The molecule has 112 valence electrons. The SMILES string of the molecule is Cc1c(F)cccc1[C@@]1(C(=O)O)C=C(c2cncnc2)CC1. The number of hydrogen-bond acceptors (Lipinski definition) is 3. The van der Waals surface area contributed by atoms with Crippen molar-refractivity contribution in [3.05, 3.63) is 65.5 Å². The minimum Gasteiger partial charge on any atom is -0.480 e. The van der Waals surface area contributed by atoms with Gasteiger partial charge < -0.3 is 5.11 Å². The summed E-state index contributed by atoms with van der Waals surface area (Å²) in [5.41, 5.74) is 1.38. The van der Waals surface area contributed by atoms with Crippen LogP contribution in [0.5, 0.6) is 0 Å². The molecule has 0 saturated heterocycles. The predicted octanol–water partition coefficient (Wildman–Crippen LogP) is 3.12. The van der Waals surface area contributed by atoms with E-state index in [0.29, 0.717) is 24.0 Å². The molecule has 0 unspecified atom stereocenters. The Bertz CT molecular complexity index is 759. The highest BCUT2D eigenvalue weighted by Crippen LogP contribution is 2.44. The largest absolute Gasteiger partial charge is 0.480 e. The maximum atomic E-state index is 13.9. The molecule has 1 aromatic heterocycles. The molecule has 0 spiro atoms. The van der Waals surface area contributed by atoms with Gasteiger partial charge in [-0.25, -0.2) is 14.4 Å². The molecule has 1 N–H and O–H groups in total. The maximum Gasteiger partial charge on any atom is 0.318 e. The van der Waals surface area contributed by atoms with Crippen molar-refractivity contribution in [3.63, 3.8) is 0 Å². The number of aromatic nitrogens is 2. The summed E-state index contributed by atoms with van der Waals surface area (Å²) >= 11 is 0. The van der Waals surface area contributed by atoms with Crippen LogP contribution in [0.3, 0.4) is 0 Å². The number of halogens is 1. The molecule has 0 amide bonds. The normalized spacial score (nSPS) is 20.7. The molecule has 3 rings (SSSR count). The third-order valence-corrected chi connectivity index (χ3v) is 4.27. The Morgan fingerprint density at radius 3 is 2.73 bits per heavy atom. The van der Waals surface area contributed by atoms with Crippen LogP contribution in [0.25, 0.3) is 5.57 Å². The van der Waals surface area contributed by atoms with E-state index >= 15 is 0 Å². The Balaban J connectivity index is 2.14. The molecular weight excluding hydrogens is 283 g/mol. The number of benzene rings is 1. The number of carboxylic acid groups (broad SMARTS) is 1. The first kappa shape index (κ1) is 14.4. The van der Waals surface area contributed by atoms with Gasteiger partial charge in [0.05, 0.1) is 0 Å². The molecule has 1 aromatic carbocycles. The fraction of sp³-hybridized carbons (Fsp3) is 0.235. The second kappa shape index (κ2) is 5.33. The quantitative estimate of drug-likeness (QED) is 0.945. The van der Waals surface area contributed by atoms with Crippen molar-refractivity contribution in [2.75, 3.05) is 0 Å². The van der Waals surface area contributed by atoms with Crippen molar-refractivity contribution in [2.45, 2.75) is 25.2 Å². The zero-order valence-electron chi connectivity index (χ0n) is 12.1. The highest BCUT2D eigenvalue weighted by Gasteiger charge is 2.43. The van der Waals surface area contributed by atoms with E-state index in [4.69, 9.17) is 0 Å². The minimum atomic E-state index is -1.20. The van der Waals surface area contributed by atoms with Crippen molar-refractivity contribution in [3.8, 4) is 0 Å². The number of hydrogen-bond donors (Lipinski definition) is 1. The molecular formula is C17H15FN2O2. The first-order valence-electron chi connectivity index (χ1n) is 7.01. The molecule has 1 atom stereocenters. The van der Waals surface area contributed by atoms with Gasteiger partial charge in [-0.15, -0.1) is 0 Å². The van der Waals surface area contributed by atoms with Crippen LogP contribution in [0.4, 0.5) is 4.39 Å². The monoisotopic (exact) mass is 298 g/mol. The molecule has 1 aliphatic rings. The summed E-state index contributed by atoms with van der Waals surface area (Å²) < 4.78 is 13.9. The standard InChI is InChI=1S/C17H15FN2O2/c1-11-14(3-2-4-15(11)18)17(16(21)22)6-5-12(7-17)13-8-19-10-20-9-13/h2-4,7-10H,5-6H2,1H3,(H,21,22)/t17-/m0/s1. The van der Waals surface area contributed by atoms with Crippen molar-refractivity contribution in [1.82, 2.24) is 9.97 Å². The molecule has 22 heavy (non-hydrogen) atoms. The van der Waals surface area contributed by atoms with Gasteiger partial charge in [0.15, 0.2) is 0 Å². The third kappa shape index (κ3) is 2.19. The van der Waals surface area contributed by atoms with Crippen LogP contribution in [0.1, 0.15) is 29.5 Å². The topological polar surface area (TPSA) is 63.1 Å². The fourth-order valence-corrected chi connectivity index (χ4v) is 3.05. The van der Waals surface area contributed by atoms with Gasteiger partial charge in [0.25, 0.3) is 0 Å². The van der Waals surface area contributed by atoms with Gasteiger partial charge in [0.1, 0.15) is 17.6 Å². The predicted molar refractivity (Wildman–Crippen MR) is 79.7 cm³/mol. The summed E-state index contributed by atoms with van der Waals surface area (Å²) in [7, 11) is 0. The number of carboxylic acids is 1. The number of rotatable bonds is 3. The van der Waals surface area contributed by atoms with E-state index in [1.54, 1.807) is 37.5 Å². The van der Waals surface area contributed by atoms with E-state index in [1.807, 2.05) is 0 Å². The Morgan fingerprint density at radius 1 is 1.32 bits per heavy atom. The number of allylic oxidation sites excluding steroid dienone is 1. The first-order chi connectivity index (χ1) is 10.5. The summed E-state index contributed by atoms with van der Waals surface area (Å²) in [5, 5.41) is 9.80. The molecule has 0 bridgehead atoms. The molecule has 0 fully saturated rings. The lowest BCUT2D eigenvalue weighted by Gasteiger charge is -2.24. The maximum absolute atomic E-state index is 13.9. The highest BCUT2D eigenvalue weighted by atomic mass is 19.1. The lowest BCUT2D eigenvalue weighted by atomic mass is 9.78. The van der Waals surface area contributed by atoms with Crippen molar-refractivity contribution >= 4 is 11.5 Å².